The first kappa shape index (κ1) is 10.0. The van der Waals surface area contributed by atoms with Crippen LogP contribution < -0.4 is 10.6 Å². The molecule has 1 aliphatic rings. The van der Waals surface area contributed by atoms with Gasteiger partial charge in [0.25, 0.3) is 0 Å². The summed E-state index contributed by atoms with van der Waals surface area (Å²) in [6.45, 7) is 4.57. The third kappa shape index (κ3) is 3.55. The number of rotatable bonds is 4. The minimum atomic E-state index is 0.801. The van der Waals surface area contributed by atoms with Crippen LogP contribution in [0, 0.1) is 5.92 Å². The fourth-order valence-corrected chi connectivity index (χ4v) is 1.87. The Bertz CT molecular complexity index is 106. The fraction of sp³-hybridized carbons (Fsp3) is 1.00. The Kier molecular flexibility index (Phi) is 4.62. The summed E-state index contributed by atoms with van der Waals surface area (Å²) in [4.78, 5) is 0. The lowest BCUT2D eigenvalue weighted by atomic mass is 9.87. The van der Waals surface area contributed by atoms with Crippen molar-refractivity contribution in [2.45, 2.75) is 38.6 Å². The summed E-state index contributed by atoms with van der Waals surface area (Å²) in [6.07, 6.45) is 5.59. The smallest absolute Gasteiger partial charge is 0.00792 e. The lowest BCUT2D eigenvalue weighted by Crippen LogP contribution is -2.36. The van der Waals surface area contributed by atoms with Gasteiger partial charge >= 0.3 is 0 Å². The highest BCUT2D eigenvalue weighted by atomic mass is 14.9. The minimum absolute atomic E-state index is 0.801. The van der Waals surface area contributed by atoms with Gasteiger partial charge in [-0.05, 0) is 38.6 Å². The van der Waals surface area contributed by atoms with E-state index in [4.69, 9.17) is 0 Å². The Morgan fingerprint density at radius 1 is 1.08 bits per heavy atom. The highest BCUT2D eigenvalue weighted by Crippen LogP contribution is 2.22. The maximum Gasteiger partial charge on any atom is 0.00792 e. The van der Waals surface area contributed by atoms with Crippen LogP contribution in [0.2, 0.25) is 0 Å². The van der Waals surface area contributed by atoms with E-state index in [1.54, 1.807) is 0 Å². The molecule has 0 aromatic heterocycles. The third-order valence-corrected chi connectivity index (χ3v) is 2.82. The summed E-state index contributed by atoms with van der Waals surface area (Å²) >= 11 is 0. The summed E-state index contributed by atoms with van der Waals surface area (Å²) in [5.74, 6) is 0.965. The van der Waals surface area contributed by atoms with E-state index >= 15 is 0 Å². The summed E-state index contributed by atoms with van der Waals surface area (Å²) in [7, 11) is 2.00. The minimum Gasteiger partial charge on any atom is -0.318 e. The second kappa shape index (κ2) is 5.55. The van der Waals surface area contributed by atoms with Crippen LogP contribution in [0.4, 0.5) is 0 Å². The fourth-order valence-electron chi connectivity index (χ4n) is 1.87. The van der Waals surface area contributed by atoms with Crippen molar-refractivity contribution in [3.63, 3.8) is 0 Å². The highest BCUT2D eigenvalue weighted by molar-refractivity contribution is 4.75. The van der Waals surface area contributed by atoms with E-state index in [-0.39, 0.29) is 0 Å². The molecule has 0 radical (unpaired) electrons. The van der Waals surface area contributed by atoms with Gasteiger partial charge in [0, 0.05) is 19.1 Å². The van der Waals surface area contributed by atoms with E-state index < -0.39 is 0 Å². The van der Waals surface area contributed by atoms with Gasteiger partial charge in [0.05, 0.1) is 0 Å². The molecule has 0 saturated heterocycles. The molecule has 2 heteroatoms. The van der Waals surface area contributed by atoms with Crippen LogP contribution in [0.25, 0.3) is 0 Å². The molecule has 1 fully saturated rings. The maximum atomic E-state index is 3.58. The Morgan fingerprint density at radius 3 is 2.33 bits per heavy atom. The molecule has 12 heavy (non-hydrogen) atoms. The monoisotopic (exact) mass is 170 g/mol. The predicted molar refractivity (Wildman–Crippen MR) is 53.3 cm³/mol. The van der Waals surface area contributed by atoms with Crippen molar-refractivity contribution >= 4 is 0 Å². The van der Waals surface area contributed by atoms with Crippen molar-refractivity contribution in [1.82, 2.24) is 10.6 Å². The van der Waals surface area contributed by atoms with E-state index in [9.17, 15) is 0 Å². The number of hydrogen-bond donors (Lipinski definition) is 2. The molecule has 1 saturated carbocycles. The van der Waals surface area contributed by atoms with Gasteiger partial charge in [-0.1, -0.05) is 6.92 Å². The summed E-state index contributed by atoms with van der Waals surface area (Å²) in [5, 5.41) is 6.73. The molecule has 0 bridgehead atoms. The van der Waals surface area contributed by atoms with Gasteiger partial charge in [-0.25, -0.2) is 0 Å². The van der Waals surface area contributed by atoms with E-state index in [1.165, 1.54) is 25.7 Å². The van der Waals surface area contributed by atoms with Gasteiger partial charge in [-0.3, -0.25) is 0 Å². The van der Waals surface area contributed by atoms with Crippen LogP contribution >= 0.6 is 0 Å². The molecule has 0 heterocycles. The van der Waals surface area contributed by atoms with Crippen LogP contribution in [0.1, 0.15) is 32.6 Å². The zero-order chi connectivity index (χ0) is 8.81. The van der Waals surface area contributed by atoms with E-state index in [1.807, 2.05) is 7.05 Å². The normalized spacial score (nSPS) is 30.5. The van der Waals surface area contributed by atoms with E-state index in [0.29, 0.717) is 0 Å². The van der Waals surface area contributed by atoms with Gasteiger partial charge in [0.1, 0.15) is 0 Å². The van der Waals surface area contributed by atoms with Crippen molar-refractivity contribution in [1.29, 1.82) is 0 Å². The standard InChI is InChI=1S/C10H22N2/c1-9-3-5-10(6-4-9)12-8-7-11-2/h9-12H,3-8H2,1-2H3. The summed E-state index contributed by atoms with van der Waals surface area (Å²) in [5.41, 5.74) is 0. The Labute approximate surface area is 76.1 Å². The van der Waals surface area contributed by atoms with Crippen LogP contribution in [0.3, 0.4) is 0 Å². The molecular weight excluding hydrogens is 148 g/mol. The van der Waals surface area contributed by atoms with Crippen molar-refractivity contribution < 1.29 is 0 Å². The van der Waals surface area contributed by atoms with Crippen molar-refractivity contribution in [2.75, 3.05) is 20.1 Å². The van der Waals surface area contributed by atoms with Crippen LogP contribution in [0.15, 0.2) is 0 Å². The highest BCUT2D eigenvalue weighted by Gasteiger charge is 2.16. The van der Waals surface area contributed by atoms with E-state index in [2.05, 4.69) is 17.6 Å². The molecule has 2 N–H and O–H groups in total. The molecule has 0 aromatic rings. The lowest BCUT2D eigenvalue weighted by Gasteiger charge is -2.26. The van der Waals surface area contributed by atoms with Crippen LogP contribution in [-0.4, -0.2) is 26.2 Å². The molecule has 2 nitrogen and oxygen atoms in total. The quantitative estimate of drug-likeness (QED) is 0.623. The average Bonchev–Trinajstić information content (AvgIpc) is 2.09. The van der Waals surface area contributed by atoms with Gasteiger partial charge < -0.3 is 10.6 Å². The van der Waals surface area contributed by atoms with Crippen molar-refractivity contribution in [3.05, 3.63) is 0 Å². The maximum absolute atomic E-state index is 3.58. The molecule has 0 spiro atoms. The average molecular weight is 170 g/mol. The third-order valence-electron chi connectivity index (χ3n) is 2.82. The Morgan fingerprint density at radius 2 is 1.75 bits per heavy atom. The first-order valence-corrected chi connectivity index (χ1v) is 5.21. The van der Waals surface area contributed by atoms with E-state index in [0.717, 1.165) is 25.0 Å². The molecule has 0 aliphatic heterocycles. The molecular formula is C10H22N2. The summed E-state index contributed by atoms with van der Waals surface area (Å²) in [6, 6.07) is 0.801. The molecule has 0 amide bonds. The molecule has 1 rings (SSSR count). The largest absolute Gasteiger partial charge is 0.318 e. The Balaban J connectivity index is 2.01. The first-order valence-electron chi connectivity index (χ1n) is 5.21. The van der Waals surface area contributed by atoms with Crippen molar-refractivity contribution in [3.8, 4) is 0 Å². The topological polar surface area (TPSA) is 24.1 Å². The van der Waals surface area contributed by atoms with Gasteiger partial charge in [-0.15, -0.1) is 0 Å². The first-order chi connectivity index (χ1) is 5.83. The van der Waals surface area contributed by atoms with Gasteiger partial charge in [-0.2, -0.15) is 0 Å². The van der Waals surface area contributed by atoms with Gasteiger partial charge in [0.2, 0.25) is 0 Å². The second-order valence-corrected chi connectivity index (χ2v) is 4.01. The molecule has 0 aromatic carbocycles. The summed E-state index contributed by atoms with van der Waals surface area (Å²) < 4.78 is 0. The van der Waals surface area contributed by atoms with Crippen molar-refractivity contribution in [2.24, 2.45) is 5.92 Å². The van der Waals surface area contributed by atoms with Crippen LogP contribution in [0.5, 0.6) is 0 Å². The second-order valence-electron chi connectivity index (χ2n) is 4.01. The van der Waals surface area contributed by atoms with Crippen LogP contribution in [-0.2, 0) is 0 Å². The number of hydrogen-bond acceptors (Lipinski definition) is 2. The van der Waals surface area contributed by atoms with Gasteiger partial charge in [0.15, 0.2) is 0 Å². The zero-order valence-electron chi connectivity index (χ0n) is 8.40. The zero-order valence-corrected chi connectivity index (χ0v) is 8.40. The molecule has 0 atom stereocenters. The number of nitrogens with one attached hydrogen (secondary N) is 2. The lowest BCUT2D eigenvalue weighted by molar-refractivity contribution is 0.308. The SMILES string of the molecule is CNCCNC1CCC(C)CC1. The molecule has 72 valence electrons. The predicted octanol–water partition coefficient (Wildman–Crippen LogP) is 1.37. The molecule has 1 aliphatic carbocycles. The molecule has 0 unspecified atom stereocenters. The number of likely N-dealkylation sites (N-methyl/N-ethyl adjacent to an activating group) is 1. The Hall–Kier alpha value is -0.0800.